The van der Waals surface area contributed by atoms with Gasteiger partial charge in [-0.15, -0.1) is 0 Å². The van der Waals surface area contributed by atoms with Gasteiger partial charge in [0.15, 0.2) is 0 Å². The molecule has 0 spiro atoms. The van der Waals surface area contributed by atoms with Gasteiger partial charge in [0, 0.05) is 45.0 Å². The molecule has 1 aromatic heterocycles. The van der Waals surface area contributed by atoms with Crippen molar-refractivity contribution in [2.24, 2.45) is 0 Å². The number of rotatable bonds is 12. The maximum Gasteiger partial charge on any atom is 0.251 e. The minimum atomic E-state index is -1.01. The molecule has 0 bridgehead atoms. The molecule has 0 radical (unpaired) electrons. The van der Waals surface area contributed by atoms with E-state index in [1.807, 2.05) is 24.3 Å². The second-order valence-electron chi connectivity index (χ2n) is 10.5. The fourth-order valence-electron chi connectivity index (χ4n) is 4.96. The molecule has 0 aliphatic carbocycles. The molecule has 1 aliphatic heterocycles. The standard InChI is InChI=1S/C32H38ClN5O4/c1-37(18-19-42-2)22-25-8-4-5-9-27(25)23-10-12-24(13-11-23)31(40)35-28(32(41)38-16-6-3-7-17-38)20-30(39)36-29-15-14-26(33)21-34-29/h4-5,8-15,21,28H,3,6-7,16-20,22H2,1-2H3,(H,35,40)(H,34,36,39)/t28-/m0/s1. The molecule has 42 heavy (non-hydrogen) atoms. The van der Waals surface area contributed by atoms with E-state index in [1.165, 1.54) is 11.8 Å². The summed E-state index contributed by atoms with van der Waals surface area (Å²) < 4.78 is 5.20. The number of benzene rings is 2. The molecule has 2 N–H and O–H groups in total. The van der Waals surface area contributed by atoms with Crippen LogP contribution in [0.4, 0.5) is 5.82 Å². The lowest BCUT2D eigenvalue weighted by atomic mass is 9.98. The predicted molar refractivity (Wildman–Crippen MR) is 164 cm³/mol. The summed E-state index contributed by atoms with van der Waals surface area (Å²) in [5.41, 5.74) is 3.64. The van der Waals surface area contributed by atoms with Gasteiger partial charge in [-0.3, -0.25) is 19.3 Å². The Balaban J connectivity index is 1.46. The van der Waals surface area contributed by atoms with Gasteiger partial charge in [-0.2, -0.15) is 0 Å². The minimum Gasteiger partial charge on any atom is -0.383 e. The van der Waals surface area contributed by atoms with E-state index in [-0.39, 0.29) is 12.3 Å². The van der Waals surface area contributed by atoms with Crippen LogP contribution in [-0.4, -0.2) is 78.9 Å². The zero-order valence-electron chi connectivity index (χ0n) is 24.1. The van der Waals surface area contributed by atoms with Crippen molar-refractivity contribution >= 4 is 35.1 Å². The summed E-state index contributed by atoms with van der Waals surface area (Å²) in [6, 6.07) is 17.7. The van der Waals surface area contributed by atoms with Crippen LogP contribution in [0.25, 0.3) is 11.1 Å². The number of carbonyl (C=O) groups excluding carboxylic acids is 3. The summed E-state index contributed by atoms with van der Waals surface area (Å²) in [6.07, 6.45) is 4.07. The number of carbonyl (C=O) groups is 3. The van der Waals surface area contributed by atoms with Crippen molar-refractivity contribution in [3.05, 3.63) is 83.0 Å². The maximum atomic E-state index is 13.4. The fourth-order valence-corrected chi connectivity index (χ4v) is 5.08. The molecule has 3 amide bonds. The van der Waals surface area contributed by atoms with E-state index in [4.69, 9.17) is 16.3 Å². The number of hydrogen-bond acceptors (Lipinski definition) is 6. The predicted octanol–water partition coefficient (Wildman–Crippen LogP) is 4.62. The molecule has 0 unspecified atom stereocenters. The van der Waals surface area contributed by atoms with Gasteiger partial charge in [0.1, 0.15) is 11.9 Å². The number of anilines is 1. The lowest BCUT2D eigenvalue weighted by Crippen LogP contribution is -2.51. The van der Waals surface area contributed by atoms with Crippen LogP contribution >= 0.6 is 11.6 Å². The highest BCUT2D eigenvalue weighted by atomic mass is 35.5. The van der Waals surface area contributed by atoms with Crippen molar-refractivity contribution in [2.75, 3.05) is 45.7 Å². The molecular formula is C32H38ClN5O4. The Hall–Kier alpha value is -3.79. The normalized spacial score (nSPS) is 14.0. The highest BCUT2D eigenvalue weighted by Crippen LogP contribution is 2.25. The molecule has 4 rings (SSSR count). The van der Waals surface area contributed by atoms with Crippen LogP contribution in [0.2, 0.25) is 5.02 Å². The van der Waals surface area contributed by atoms with E-state index in [2.05, 4.69) is 39.7 Å². The number of methoxy groups -OCH3 is 1. The summed E-state index contributed by atoms with van der Waals surface area (Å²) in [6.45, 7) is 3.45. The topological polar surface area (TPSA) is 104 Å². The Labute approximate surface area is 252 Å². The van der Waals surface area contributed by atoms with Gasteiger partial charge in [-0.1, -0.05) is 48.0 Å². The average Bonchev–Trinajstić information content (AvgIpc) is 3.01. The van der Waals surface area contributed by atoms with Crippen LogP contribution in [0.5, 0.6) is 0 Å². The van der Waals surface area contributed by atoms with Gasteiger partial charge < -0.3 is 20.3 Å². The fraction of sp³-hybridized carbons (Fsp3) is 0.375. The summed E-state index contributed by atoms with van der Waals surface area (Å²) in [4.78, 5) is 47.6. The van der Waals surface area contributed by atoms with E-state index >= 15 is 0 Å². The molecular weight excluding hydrogens is 554 g/mol. The highest BCUT2D eigenvalue weighted by molar-refractivity contribution is 6.30. The Kier molecular flexibility index (Phi) is 11.5. The largest absolute Gasteiger partial charge is 0.383 e. The maximum absolute atomic E-state index is 13.4. The molecule has 0 saturated carbocycles. The second kappa shape index (κ2) is 15.4. The van der Waals surface area contributed by atoms with Crippen molar-refractivity contribution < 1.29 is 19.1 Å². The Morgan fingerprint density at radius 2 is 1.76 bits per heavy atom. The van der Waals surface area contributed by atoms with Crippen molar-refractivity contribution in [3.8, 4) is 11.1 Å². The number of nitrogens with one attached hydrogen (secondary N) is 2. The lowest BCUT2D eigenvalue weighted by Gasteiger charge is -2.30. The summed E-state index contributed by atoms with van der Waals surface area (Å²) in [5, 5.41) is 5.95. The van der Waals surface area contributed by atoms with Crippen LogP contribution < -0.4 is 10.6 Å². The van der Waals surface area contributed by atoms with Crippen molar-refractivity contribution in [3.63, 3.8) is 0 Å². The molecule has 10 heteroatoms. The number of likely N-dealkylation sites (N-methyl/N-ethyl adjacent to an activating group) is 1. The van der Waals surface area contributed by atoms with Crippen LogP contribution in [0.3, 0.4) is 0 Å². The third-order valence-corrected chi connectivity index (χ3v) is 7.47. The molecule has 1 aliphatic rings. The van der Waals surface area contributed by atoms with E-state index in [9.17, 15) is 14.4 Å². The molecule has 1 saturated heterocycles. The SMILES string of the molecule is COCCN(C)Cc1ccccc1-c1ccc(C(=O)N[C@@H](CC(=O)Nc2ccc(Cl)cn2)C(=O)N2CCCCC2)cc1. The quantitative estimate of drug-likeness (QED) is 0.319. The first-order valence-electron chi connectivity index (χ1n) is 14.2. The van der Waals surface area contributed by atoms with Crippen molar-refractivity contribution in [2.45, 2.75) is 38.3 Å². The van der Waals surface area contributed by atoms with Gasteiger partial charge in [-0.25, -0.2) is 4.98 Å². The Bertz CT molecular complexity index is 1340. The van der Waals surface area contributed by atoms with Crippen LogP contribution in [0.1, 0.15) is 41.6 Å². The van der Waals surface area contributed by atoms with Gasteiger partial charge >= 0.3 is 0 Å². The third kappa shape index (κ3) is 8.85. The molecule has 2 aromatic carbocycles. The summed E-state index contributed by atoms with van der Waals surface area (Å²) >= 11 is 5.89. The van der Waals surface area contributed by atoms with E-state index in [0.717, 1.165) is 43.5 Å². The number of halogens is 1. The first-order valence-corrected chi connectivity index (χ1v) is 14.6. The zero-order chi connectivity index (χ0) is 29.9. The first-order chi connectivity index (χ1) is 20.3. The number of nitrogens with zero attached hydrogens (tertiary/aromatic N) is 3. The number of aromatic nitrogens is 1. The van der Waals surface area contributed by atoms with Gasteiger partial charge in [-0.05, 0) is 67.3 Å². The van der Waals surface area contributed by atoms with E-state index in [0.29, 0.717) is 36.1 Å². The molecule has 9 nitrogen and oxygen atoms in total. The smallest absolute Gasteiger partial charge is 0.251 e. The Morgan fingerprint density at radius 1 is 1.02 bits per heavy atom. The number of piperidine rings is 1. The van der Waals surface area contributed by atoms with Crippen molar-refractivity contribution in [1.29, 1.82) is 0 Å². The van der Waals surface area contributed by atoms with Crippen LogP contribution in [-0.2, 0) is 20.9 Å². The summed E-state index contributed by atoms with van der Waals surface area (Å²) in [5.74, 6) is -0.782. The Morgan fingerprint density at radius 3 is 2.45 bits per heavy atom. The van der Waals surface area contributed by atoms with Gasteiger partial charge in [0.05, 0.1) is 18.1 Å². The third-order valence-electron chi connectivity index (χ3n) is 7.25. The van der Waals surface area contributed by atoms with Crippen LogP contribution in [0.15, 0.2) is 66.9 Å². The number of pyridine rings is 1. The average molecular weight is 592 g/mol. The lowest BCUT2D eigenvalue weighted by molar-refractivity contribution is -0.135. The monoisotopic (exact) mass is 591 g/mol. The first kappa shape index (κ1) is 31.2. The molecule has 2 heterocycles. The van der Waals surface area contributed by atoms with Gasteiger partial charge in [0.2, 0.25) is 11.8 Å². The minimum absolute atomic E-state index is 0.215. The van der Waals surface area contributed by atoms with Crippen molar-refractivity contribution in [1.82, 2.24) is 20.1 Å². The number of likely N-dealkylation sites (tertiary alicyclic amines) is 1. The molecule has 3 aromatic rings. The van der Waals surface area contributed by atoms with Gasteiger partial charge in [0.25, 0.3) is 5.91 Å². The molecule has 1 fully saturated rings. The zero-order valence-corrected chi connectivity index (χ0v) is 24.9. The van der Waals surface area contributed by atoms with E-state index in [1.54, 1.807) is 36.3 Å². The molecule has 222 valence electrons. The number of ether oxygens (including phenoxy) is 1. The second-order valence-corrected chi connectivity index (χ2v) is 10.9. The molecule has 1 atom stereocenters. The van der Waals surface area contributed by atoms with E-state index < -0.39 is 17.9 Å². The number of hydrogen-bond donors (Lipinski definition) is 2. The number of amides is 3. The highest BCUT2D eigenvalue weighted by Gasteiger charge is 2.29. The van der Waals surface area contributed by atoms with Crippen LogP contribution in [0, 0.1) is 0 Å². The summed E-state index contributed by atoms with van der Waals surface area (Å²) in [7, 11) is 3.75.